The third-order valence-electron chi connectivity index (χ3n) is 8.35. The number of aromatic amines is 1. The summed E-state index contributed by atoms with van der Waals surface area (Å²) in [7, 11) is 0. The summed E-state index contributed by atoms with van der Waals surface area (Å²) in [5.41, 5.74) is 6.47. The van der Waals surface area contributed by atoms with Crippen molar-refractivity contribution in [3.63, 3.8) is 0 Å². The standard InChI is InChI=1S/C33H34ClN7O2/c1-2-3-8-31-36-29-16-14-25(35-33(43)26-7-5-4-6-23(26)20-42)18-30(29)41(31)19-21-9-11-22(12-10-21)28-17-24(34)13-15-27(28)32-37-39-40-38-32/h9-18,20,23,26H,2-8,19H2,1H3,(H,35,43)(H,37,38,39,40)/t23-,26-/m1/s1. The minimum absolute atomic E-state index is 0.0785. The summed E-state index contributed by atoms with van der Waals surface area (Å²) in [5, 5.41) is 18.2. The maximum atomic E-state index is 13.2. The fourth-order valence-corrected chi connectivity index (χ4v) is 6.21. The average molecular weight is 596 g/mol. The van der Waals surface area contributed by atoms with Crippen molar-refractivity contribution < 1.29 is 9.59 Å². The topological polar surface area (TPSA) is 118 Å². The van der Waals surface area contributed by atoms with Gasteiger partial charge in [-0.2, -0.15) is 5.21 Å². The highest BCUT2D eigenvalue weighted by Gasteiger charge is 2.30. The Kier molecular flexibility index (Phi) is 8.60. The predicted octanol–water partition coefficient (Wildman–Crippen LogP) is 6.87. The number of imidazole rings is 1. The van der Waals surface area contributed by atoms with E-state index in [1.165, 1.54) is 0 Å². The van der Waals surface area contributed by atoms with E-state index in [0.29, 0.717) is 17.4 Å². The number of aromatic nitrogens is 6. The van der Waals surface area contributed by atoms with Crippen molar-refractivity contribution in [2.45, 2.75) is 58.4 Å². The van der Waals surface area contributed by atoms with Crippen LogP contribution >= 0.6 is 11.6 Å². The molecule has 1 aliphatic carbocycles. The monoisotopic (exact) mass is 595 g/mol. The summed E-state index contributed by atoms with van der Waals surface area (Å²) in [5.74, 6) is 0.971. The molecule has 1 fully saturated rings. The molecule has 5 aromatic rings. The molecule has 1 aliphatic rings. The highest BCUT2D eigenvalue weighted by atomic mass is 35.5. The zero-order chi connectivity index (χ0) is 29.8. The molecule has 2 N–H and O–H groups in total. The number of unbranched alkanes of at least 4 members (excludes halogenated alkanes) is 1. The van der Waals surface area contributed by atoms with Gasteiger partial charge >= 0.3 is 0 Å². The van der Waals surface area contributed by atoms with Crippen molar-refractivity contribution in [2.75, 3.05) is 5.32 Å². The summed E-state index contributed by atoms with van der Waals surface area (Å²) < 4.78 is 2.24. The van der Waals surface area contributed by atoms with Gasteiger partial charge in [0.2, 0.25) is 11.7 Å². The number of hydrogen-bond donors (Lipinski definition) is 2. The molecule has 1 amide bonds. The number of carbonyl (C=O) groups is 2. The second-order valence-electron chi connectivity index (χ2n) is 11.2. The fraction of sp³-hybridized carbons (Fsp3) is 0.333. The summed E-state index contributed by atoms with van der Waals surface area (Å²) in [6.45, 7) is 2.81. The number of anilines is 1. The van der Waals surface area contributed by atoms with Gasteiger partial charge in [0.25, 0.3) is 0 Å². The molecule has 0 bridgehead atoms. The third-order valence-corrected chi connectivity index (χ3v) is 8.59. The number of carbonyl (C=O) groups excluding carboxylic acids is 2. The van der Waals surface area contributed by atoms with Crippen LogP contribution < -0.4 is 5.32 Å². The number of rotatable bonds is 10. The van der Waals surface area contributed by atoms with Crippen LogP contribution in [0.2, 0.25) is 5.02 Å². The molecule has 2 atom stereocenters. The van der Waals surface area contributed by atoms with Gasteiger partial charge in [-0.25, -0.2) is 4.98 Å². The molecule has 0 saturated heterocycles. The van der Waals surface area contributed by atoms with Gasteiger partial charge in [0.05, 0.1) is 11.0 Å². The van der Waals surface area contributed by atoms with Crippen LogP contribution in [0, 0.1) is 11.8 Å². The molecule has 9 nitrogen and oxygen atoms in total. The quantitative estimate of drug-likeness (QED) is 0.170. The second kappa shape index (κ2) is 12.9. The number of aldehydes is 1. The van der Waals surface area contributed by atoms with E-state index in [1.54, 1.807) is 0 Å². The van der Waals surface area contributed by atoms with Crippen molar-refractivity contribution in [1.82, 2.24) is 30.2 Å². The first-order valence-corrected chi connectivity index (χ1v) is 15.3. The third kappa shape index (κ3) is 6.22. The maximum Gasteiger partial charge on any atom is 0.228 e. The molecule has 220 valence electrons. The number of nitrogens with zero attached hydrogens (tertiary/aromatic N) is 5. The molecule has 2 aromatic heterocycles. The summed E-state index contributed by atoms with van der Waals surface area (Å²) in [4.78, 5) is 29.7. The molecule has 2 heterocycles. The summed E-state index contributed by atoms with van der Waals surface area (Å²) >= 11 is 6.36. The number of nitrogens with one attached hydrogen (secondary N) is 2. The lowest BCUT2D eigenvalue weighted by Crippen LogP contribution is -2.32. The maximum absolute atomic E-state index is 13.2. The fourth-order valence-electron chi connectivity index (χ4n) is 6.03. The van der Waals surface area contributed by atoms with Gasteiger partial charge in [-0.15, -0.1) is 10.2 Å². The normalized spacial score (nSPS) is 16.8. The number of benzene rings is 3. The minimum Gasteiger partial charge on any atom is -0.326 e. The summed E-state index contributed by atoms with van der Waals surface area (Å²) in [6, 6.07) is 19.9. The first kappa shape index (κ1) is 28.7. The first-order valence-electron chi connectivity index (χ1n) is 14.9. The minimum atomic E-state index is -0.273. The van der Waals surface area contributed by atoms with Gasteiger partial charge in [0.15, 0.2) is 0 Å². The van der Waals surface area contributed by atoms with E-state index < -0.39 is 0 Å². The van der Waals surface area contributed by atoms with Crippen LogP contribution in [0.5, 0.6) is 0 Å². The van der Waals surface area contributed by atoms with Crippen molar-refractivity contribution >= 4 is 40.5 Å². The van der Waals surface area contributed by atoms with E-state index in [9.17, 15) is 9.59 Å². The molecular formula is C33H34ClN7O2. The van der Waals surface area contributed by atoms with Crippen LogP contribution in [-0.2, 0) is 22.6 Å². The number of amides is 1. The zero-order valence-electron chi connectivity index (χ0n) is 24.1. The molecule has 1 saturated carbocycles. The van der Waals surface area contributed by atoms with E-state index in [4.69, 9.17) is 16.6 Å². The van der Waals surface area contributed by atoms with Crippen molar-refractivity contribution in [2.24, 2.45) is 11.8 Å². The highest BCUT2D eigenvalue weighted by molar-refractivity contribution is 6.31. The Morgan fingerprint density at radius 3 is 2.67 bits per heavy atom. The van der Waals surface area contributed by atoms with Gasteiger partial charge in [0.1, 0.15) is 12.1 Å². The number of H-pyrrole nitrogens is 1. The number of hydrogen-bond acceptors (Lipinski definition) is 6. The lowest BCUT2D eigenvalue weighted by atomic mass is 9.79. The lowest BCUT2D eigenvalue weighted by Gasteiger charge is -2.26. The number of halogens is 1. The zero-order valence-corrected chi connectivity index (χ0v) is 24.8. The van der Waals surface area contributed by atoms with Crippen molar-refractivity contribution in [3.05, 3.63) is 77.1 Å². The van der Waals surface area contributed by atoms with E-state index in [-0.39, 0.29) is 17.7 Å². The van der Waals surface area contributed by atoms with Gasteiger partial charge in [-0.05, 0) is 77.6 Å². The van der Waals surface area contributed by atoms with Crippen LogP contribution in [0.3, 0.4) is 0 Å². The van der Waals surface area contributed by atoms with Crippen LogP contribution in [0.15, 0.2) is 60.7 Å². The molecule has 0 unspecified atom stereocenters. The van der Waals surface area contributed by atoms with E-state index in [1.807, 2.05) is 36.4 Å². The Morgan fingerprint density at radius 1 is 1.07 bits per heavy atom. The average Bonchev–Trinajstić information content (AvgIpc) is 3.69. The molecule has 0 aliphatic heterocycles. The smallest absolute Gasteiger partial charge is 0.228 e. The highest BCUT2D eigenvalue weighted by Crippen LogP contribution is 2.33. The Hall–Kier alpha value is -4.37. The molecular weight excluding hydrogens is 562 g/mol. The number of fused-ring (bicyclic) bond motifs is 1. The largest absolute Gasteiger partial charge is 0.326 e. The van der Waals surface area contributed by atoms with Gasteiger partial charge < -0.3 is 14.7 Å². The van der Waals surface area contributed by atoms with Crippen LogP contribution in [0.1, 0.15) is 56.8 Å². The number of aryl methyl sites for hydroxylation is 1. The Morgan fingerprint density at radius 2 is 1.91 bits per heavy atom. The summed E-state index contributed by atoms with van der Waals surface area (Å²) in [6.07, 6.45) is 7.43. The van der Waals surface area contributed by atoms with Crippen LogP contribution in [-0.4, -0.2) is 42.4 Å². The number of tetrazole rings is 1. The lowest BCUT2D eigenvalue weighted by molar-refractivity contribution is -0.126. The molecule has 6 rings (SSSR count). The van der Waals surface area contributed by atoms with E-state index in [0.717, 1.165) is 96.0 Å². The molecule has 43 heavy (non-hydrogen) atoms. The predicted molar refractivity (Wildman–Crippen MR) is 168 cm³/mol. The van der Waals surface area contributed by atoms with Crippen molar-refractivity contribution in [1.29, 1.82) is 0 Å². The van der Waals surface area contributed by atoms with Crippen LogP contribution in [0.4, 0.5) is 5.69 Å². The SMILES string of the molecule is CCCCc1nc2ccc(NC(=O)[C@@H]3CCCC[C@@H]3C=O)cc2n1Cc1ccc(-c2cc(Cl)ccc2-c2nn[nH]n2)cc1. The second-order valence-corrected chi connectivity index (χ2v) is 11.7. The Labute approximate surface area is 255 Å². The van der Waals surface area contributed by atoms with Crippen LogP contribution in [0.25, 0.3) is 33.5 Å². The Bertz CT molecular complexity index is 1730. The molecule has 10 heteroatoms. The van der Waals surface area contributed by atoms with Gasteiger partial charge in [-0.1, -0.05) is 62.1 Å². The van der Waals surface area contributed by atoms with E-state index >= 15 is 0 Å². The van der Waals surface area contributed by atoms with Gasteiger partial charge in [-0.3, -0.25) is 4.79 Å². The van der Waals surface area contributed by atoms with E-state index in [2.05, 4.69) is 61.7 Å². The Balaban J connectivity index is 1.29. The molecule has 0 radical (unpaired) electrons. The van der Waals surface area contributed by atoms with Gasteiger partial charge in [0, 0.05) is 41.1 Å². The van der Waals surface area contributed by atoms with Crippen molar-refractivity contribution in [3.8, 4) is 22.5 Å². The molecule has 3 aromatic carbocycles. The first-order chi connectivity index (χ1) is 21.0. The molecule has 0 spiro atoms.